The molecule has 0 bridgehead atoms. The zero-order chi connectivity index (χ0) is 11.5. The van der Waals surface area contributed by atoms with Crippen molar-refractivity contribution in [2.45, 2.75) is 31.8 Å². The fourth-order valence-corrected chi connectivity index (χ4v) is 3.09. The molecule has 2 saturated heterocycles. The van der Waals surface area contributed by atoms with E-state index in [0.717, 1.165) is 18.5 Å². The van der Waals surface area contributed by atoms with Crippen LogP contribution in [0.15, 0.2) is 30.3 Å². The van der Waals surface area contributed by atoms with Gasteiger partial charge in [0.2, 0.25) is 0 Å². The Bertz CT molecular complexity index is 345. The van der Waals surface area contributed by atoms with Gasteiger partial charge < -0.3 is 5.32 Å². The van der Waals surface area contributed by atoms with Crippen molar-refractivity contribution in [3.63, 3.8) is 0 Å². The van der Waals surface area contributed by atoms with E-state index in [1.807, 2.05) is 0 Å². The van der Waals surface area contributed by atoms with E-state index in [1.165, 1.54) is 44.5 Å². The minimum absolute atomic E-state index is 0.835. The van der Waals surface area contributed by atoms with E-state index in [9.17, 15) is 0 Å². The molecule has 1 aromatic rings. The summed E-state index contributed by atoms with van der Waals surface area (Å²) in [7, 11) is 0. The van der Waals surface area contributed by atoms with Gasteiger partial charge in [0.15, 0.2) is 0 Å². The highest BCUT2D eigenvalue weighted by molar-refractivity contribution is 5.14. The van der Waals surface area contributed by atoms with Crippen LogP contribution >= 0.6 is 0 Å². The van der Waals surface area contributed by atoms with E-state index in [1.54, 1.807) is 0 Å². The Labute approximate surface area is 104 Å². The molecule has 92 valence electrons. The molecule has 0 spiro atoms. The van der Waals surface area contributed by atoms with Crippen LogP contribution in [0.5, 0.6) is 0 Å². The van der Waals surface area contributed by atoms with Crippen molar-refractivity contribution in [2.75, 3.05) is 19.6 Å². The second-order valence-corrected chi connectivity index (χ2v) is 5.51. The number of hydrogen-bond acceptors (Lipinski definition) is 2. The van der Waals surface area contributed by atoms with E-state index >= 15 is 0 Å². The summed E-state index contributed by atoms with van der Waals surface area (Å²) < 4.78 is 0. The topological polar surface area (TPSA) is 15.3 Å². The molecule has 1 aromatic carbocycles. The second kappa shape index (κ2) is 5.19. The van der Waals surface area contributed by atoms with Crippen molar-refractivity contribution in [1.82, 2.24) is 10.2 Å². The Morgan fingerprint density at radius 3 is 2.71 bits per heavy atom. The molecule has 0 saturated carbocycles. The quantitative estimate of drug-likeness (QED) is 0.853. The van der Waals surface area contributed by atoms with Crippen molar-refractivity contribution < 1.29 is 0 Å². The summed E-state index contributed by atoms with van der Waals surface area (Å²) in [6.45, 7) is 4.93. The normalized spacial score (nSPS) is 26.0. The van der Waals surface area contributed by atoms with Gasteiger partial charge >= 0.3 is 0 Å². The molecule has 3 rings (SSSR count). The maximum atomic E-state index is 3.38. The van der Waals surface area contributed by atoms with Gasteiger partial charge in [0.1, 0.15) is 0 Å². The van der Waals surface area contributed by atoms with Gasteiger partial charge in [0.05, 0.1) is 0 Å². The van der Waals surface area contributed by atoms with Crippen LogP contribution in [0.3, 0.4) is 0 Å². The van der Waals surface area contributed by atoms with E-state index in [0.29, 0.717) is 0 Å². The van der Waals surface area contributed by atoms with Crippen LogP contribution in [0.4, 0.5) is 0 Å². The first-order valence-corrected chi connectivity index (χ1v) is 6.90. The molecule has 2 aliphatic heterocycles. The van der Waals surface area contributed by atoms with Crippen LogP contribution < -0.4 is 5.32 Å². The van der Waals surface area contributed by atoms with Crippen LogP contribution in [-0.4, -0.2) is 30.6 Å². The van der Waals surface area contributed by atoms with Gasteiger partial charge in [0, 0.05) is 12.6 Å². The number of nitrogens with one attached hydrogen (secondary N) is 1. The predicted molar refractivity (Wildman–Crippen MR) is 70.9 cm³/mol. The van der Waals surface area contributed by atoms with E-state index in [2.05, 4.69) is 40.5 Å². The standard InChI is InChI=1S/C15H22N2/c1-2-5-13(6-3-1)12-17-8-4-7-15(17)9-14-10-16-11-14/h1-3,5-6,14-16H,4,7-12H2. The monoisotopic (exact) mass is 230 g/mol. The summed E-state index contributed by atoms with van der Waals surface area (Å²) >= 11 is 0. The highest BCUT2D eigenvalue weighted by Gasteiger charge is 2.29. The van der Waals surface area contributed by atoms with Crippen LogP contribution in [-0.2, 0) is 6.54 Å². The first-order chi connectivity index (χ1) is 8.42. The Morgan fingerprint density at radius 1 is 1.18 bits per heavy atom. The summed E-state index contributed by atoms with van der Waals surface area (Å²) in [5.41, 5.74) is 1.46. The van der Waals surface area contributed by atoms with Gasteiger partial charge in [-0.2, -0.15) is 0 Å². The molecule has 0 amide bonds. The number of hydrogen-bond donors (Lipinski definition) is 1. The molecule has 1 atom stereocenters. The fraction of sp³-hybridized carbons (Fsp3) is 0.600. The third-order valence-electron chi connectivity index (χ3n) is 4.20. The molecule has 2 aliphatic rings. The smallest absolute Gasteiger partial charge is 0.0236 e. The lowest BCUT2D eigenvalue weighted by molar-refractivity contribution is 0.187. The zero-order valence-corrected chi connectivity index (χ0v) is 10.4. The molecular weight excluding hydrogens is 208 g/mol. The van der Waals surface area contributed by atoms with Gasteiger partial charge in [-0.25, -0.2) is 0 Å². The molecule has 2 fully saturated rings. The fourth-order valence-electron chi connectivity index (χ4n) is 3.09. The molecule has 17 heavy (non-hydrogen) atoms. The maximum Gasteiger partial charge on any atom is 0.0236 e. The summed E-state index contributed by atoms with van der Waals surface area (Å²) in [5.74, 6) is 0.941. The zero-order valence-electron chi connectivity index (χ0n) is 10.4. The Kier molecular flexibility index (Phi) is 3.44. The van der Waals surface area contributed by atoms with Gasteiger partial charge in [-0.1, -0.05) is 30.3 Å². The molecule has 0 aromatic heterocycles. The predicted octanol–water partition coefficient (Wildman–Crippen LogP) is 2.26. The number of likely N-dealkylation sites (tertiary alicyclic amines) is 1. The van der Waals surface area contributed by atoms with E-state index in [4.69, 9.17) is 0 Å². The third-order valence-corrected chi connectivity index (χ3v) is 4.20. The third kappa shape index (κ3) is 2.70. The summed E-state index contributed by atoms with van der Waals surface area (Å²) in [4.78, 5) is 2.69. The minimum atomic E-state index is 0.835. The van der Waals surface area contributed by atoms with Crippen molar-refractivity contribution >= 4 is 0 Å². The Balaban J connectivity index is 1.57. The van der Waals surface area contributed by atoms with E-state index < -0.39 is 0 Å². The number of rotatable bonds is 4. The average molecular weight is 230 g/mol. The molecule has 2 heterocycles. The van der Waals surface area contributed by atoms with Gasteiger partial charge in [-0.05, 0) is 50.4 Å². The first kappa shape index (κ1) is 11.2. The molecule has 2 heteroatoms. The van der Waals surface area contributed by atoms with Crippen molar-refractivity contribution in [1.29, 1.82) is 0 Å². The lowest BCUT2D eigenvalue weighted by Gasteiger charge is -2.33. The lowest BCUT2D eigenvalue weighted by Crippen LogP contribution is -2.45. The maximum absolute atomic E-state index is 3.38. The van der Waals surface area contributed by atoms with Crippen LogP contribution in [0.2, 0.25) is 0 Å². The molecule has 0 radical (unpaired) electrons. The van der Waals surface area contributed by atoms with Crippen LogP contribution in [0.25, 0.3) is 0 Å². The van der Waals surface area contributed by atoms with Crippen molar-refractivity contribution in [3.8, 4) is 0 Å². The summed E-state index contributed by atoms with van der Waals surface area (Å²) in [6, 6.07) is 11.7. The Hall–Kier alpha value is -0.860. The van der Waals surface area contributed by atoms with Gasteiger partial charge in [-0.15, -0.1) is 0 Å². The highest BCUT2D eigenvalue weighted by atomic mass is 15.2. The van der Waals surface area contributed by atoms with Crippen LogP contribution in [0, 0.1) is 5.92 Å². The number of nitrogens with zero attached hydrogens (tertiary/aromatic N) is 1. The lowest BCUT2D eigenvalue weighted by atomic mass is 9.93. The SMILES string of the molecule is c1ccc(CN2CCCC2CC2CNC2)cc1. The number of benzene rings is 1. The van der Waals surface area contributed by atoms with E-state index in [-0.39, 0.29) is 0 Å². The average Bonchev–Trinajstić information content (AvgIpc) is 2.72. The molecular formula is C15H22N2. The molecule has 0 aliphatic carbocycles. The minimum Gasteiger partial charge on any atom is -0.316 e. The highest BCUT2D eigenvalue weighted by Crippen LogP contribution is 2.26. The van der Waals surface area contributed by atoms with Crippen molar-refractivity contribution in [3.05, 3.63) is 35.9 Å². The molecule has 1 N–H and O–H groups in total. The molecule has 1 unspecified atom stereocenters. The molecule has 2 nitrogen and oxygen atoms in total. The Morgan fingerprint density at radius 2 is 2.00 bits per heavy atom. The summed E-state index contributed by atoms with van der Waals surface area (Å²) in [5, 5.41) is 3.38. The largest absolute Gasteiger partial charge is 0.316 e. The first-order valence-electron chi connectivity index (χ1n) is 6.90. The van der Waals surface area contributed by atoms with Gasteiger partial charge in [-0.3, -0.25) is 4.90 Å². The van der Waals surface area contributed by atoms with Crippen LogP contribution in [0.1, 0.15) is 24.8 Å². The van der Waals surface area contributed by atoms with Gasteiger partial charge in [0.25, 0.3) is 0 Å². The summed E-state index contributed by atoms with van der Waals surface area (Å²) in [6.07, 6.45) is 4.20. The second-order valence-electron chi connectivity index (χ2n) is 5.51. The van der Waals surface area contributed by atoms with Crippen molar-refractivity contribution in [2.24, 2.45) is 5.92 Å².